The molecule has 2 fully saturated rings. The third-order valence-electron chi connectivity index (χ3n) is 5.50. The quantitative estimate of drug-likeness (QED) is 0.200. The van der Waals surface area contributed by atoms with E-state index in [9.17, 15) is 19.7 Å². The molecule has 3 heterocycles. The molecule has 33 heavy (non-hydrogen) atoms. The monoisotopic (exact) mass is 512 g/mol. The molecule has 8 N–H and O–H groups in total. The minimum Gasteiger partial charge on any atom is -0.0307 e. The molecule has 1 aliphatic heterocycles. The average Bonchev–Trinajstić information content (AvgIpc) is 3.40. The van der Waals surface area contributed by atoms with Gasteiger partial charge in [0.05, 0.1) is 0 Å². The standard InChI is InChI=1S/C15H26N6O10P2/c1-15(23)10(22)8(5-29-33(27,28)31-32(24,25)26)30-13(15)21-6-17-9-11(20(2)7-3-4-7)18-14(16)19-12(9)21/h6-8,10,13,22-26,32H,3-5H2,1-2H3,(H,27,28)(H2,16,18,19)/t8-,10-,13-,15-/m1/s1. The summed E-state index contributed by atoms with van der Waals surface area (Å²) in [6, 6.07) is 0.303. The molecule has 5 atom stereocenters. The van der Waals surface area contributed by atoms with Gasteiger partial charge in [0.1, 0.15) is 0 Å². The van der Waals surface area contributed by atoms with Crippen LogP contribution in [-0.2, 0) is 18.1 Å². The molecule has 16 nitrogen and oxygen atoms in total. The van der Waals surface area contributed by atoms with Crippen molar-refractivity contribution in [3.05, 3.63) is 6.33 Å². The summed E-state index contributed by atoms with van der Waals surface area (Å²) in [4.78, 5) is 50.7. The normalized spacial score (nSPS) is 30.5. The summed E-state index contributed by atoms with van der Waals surface area (Å²) in [5.74, 6) is 0.465. The van der Waals surface area contributed by atoms with E-state index in [4.69, 9.17) is 25.2 Å². The summed E-state index contributed by atoms with van der Waals surface area (Å²) in [6.45, 7) is 0.476. The van der Waals surface area contributed by atoms with Crippen molar-refractivity contribution in [2.24, 2.45) is 0 Å². The van der Waals surface area contributed by atoms with Crippen molar-refractivity contribution in [1.29, 1.82) is 0 Å². The number of aromatic nitrogens is 4. The molecule has 2 aliphatic rings. The maximum Gasteiger partial charge on any atom is 0.0303 e. The van der Waals surface area contributed by atoms with Crippen molar-refractivity contribution in [2.45, 2.75) is 49.8 Å². The Morgan fingerprint density at radius 2 is 2.06 bits per heavy atom. The Bertz CT molecular complexity index is 1090. The van der Waals surface area contributed by atoms with Gasteiger partial charge in [0.2, 0.25) is 0 Å². The van der Waals surface area contributed by atoms with Crippen molar-refractivity contribution >= 4 is 38.9 Å². The van der Waals surface area contributed by atoms with Gasteiger partial charge < -0.3 is 0 Å². The van der Waals surface area contributed by atoms with Crippen molar-refractivity contribution in [3.8, 4) is 0 Å². The number of nitrogens with two attached hydrogens (primary N) is 1. The van der Waals surface area contributed by atoms with E-state index in [-0.39, 0.29) is 11.6 Å². The molecule has 0 aromatic carbocycles. The van der Waals surface area contributed by atoms with Crippen LogP contribution in [0.3, 0.4) is 0 Å². The minimum atomic E-state index is -5.36. The first-order valence-electron chi connectivity index (χ1n) is 9.83. The molecule has 0 amide bonds. The Kier molecular flexibility index (Phi) is 6.17. The summed E-state index contributed by atoms with van der Waals surface area (Å²) < 4.78 is 27.2. The molecule has 2 aromatic rings. The summed E-state index contributed by atoms with van der Waals surface area (Å²) in [6.07, 6.45) is -0.899. The fourth-order valence-electron chi connectivity index (χ4n) is 3.70. The predicted octanol–water partition coefficient (Wildman–Crippen LogP) is -1.46. The summed E-state index contributed by atoms with van der Waals surface area (Å²) >= 11 is 0. The van der Waals surface area contributed by atoms with Crippen LogP contribution < -0.4 is 10.6 Å². The molecule has 0 bridgehead atoms. The fraction of sp³-hybridized carbons (Fsp3) is 0.667. The van der Waals surface area contributed by atoms with Gasteiger partial charge in [-0.15, -0.1) is 0 Å². The number of fused-ring (bicyclic) bond motifs is 1. The molecule has 1 aliphatic carbocycles. The van der Waals surface area contributed by atoms with Gasteiger partial charge >= 0.3 is 161 Å². The van der Waals surface area contributed by atoms with E-state index >= 15 is 0 Å². The first-order valence-corrected chi connectivity index (χ1v) is 13.1. The molecular weight excluding hydrogens is 486 g/mol. The molecule has 0 radical (unpaired) electrons. The van der Waals surface area contributed by atoms with Crippen LogP contribution in [0.5, 0.6) is 0 Å². The second-order valence-corrected chi connectivity index (χ2v) is 11.3. The SMILES string of the molecule is CN(c1nc(N)nc2c1ncn2[C@@H]1O[C@H](COP(=O)(O)O[PH](O)(O)O)[C@@H](O)[C@@]1(C)O)C1CC1. The number of anilines is 2. The maximum atomic E-state index is 11.8. The summed E-state index contributed by atoms with van der Waals surface area (Å²) in [5, 5.41) is 21.5. The molecule has 2 aromatic heterocycles. The Morgan fingerprint density at radius 3 is 2.67 bits per heavy atom. The number of nitrogens with zero attached hydrogens (tertiary/aromatic N) is 5. The molecule has 186 valence electrons. The number of aliphatic hydroxyl groups is 2. The topological polar surface area (TPSA) is 239 Å². The molecule has 1 saturated carbocycles. The van der Waals surface area contributed by atoms with E-state index in [2.05, 4.69) is 23.8 Å². The third kappa shape index (κ3) is 4.97. The number of imidazole rings is 1. The van der Waals surface area contributed by atoms with Crippen LogP contribution in [-0.4, -0.2) is 86.8 Å². The van der Waals surface area contributed by atoms with Crippen LogP contribution in [0, 0.1) is 0 Å². The number of ether oxygens (including phenoxy) is 1. The van der Waals surface area contributed by atoms with Crippen LogP contribution in [0.2, 0.25) is 0 Å². The number of rotatable bonds is 8. The average molecular weight is 512 g/mol. The molecule has 4 rings (SSSR count). The van der Waals surface area contributed by atoms with Gasteiger partial charge in [-0.1, -0.05) is 0 Å². The summed E-state index contributed by atoms with van der Waals surface area (Å²) in [5.41, 5.74) is 4.58. The van der Waals surface area contributed by atoms with Gasteiger partial charge in [-0.05, 0) is 12.8 Å². The van der Waals surface area contributed by atoms with E-state index in [0.717, 1.165) is 12.8 Å². The first kappa shape index (κ1) is 24.6. The molecular formula is C15H26N6O10P2. The number of nitrogen functional groups attached to an aromatic ring is 1. The largest absolute Gasteiger partial charge is 0.0307 e. The Labute approximate surface area is 187 Å². The molecule has 1 unspecified atom stereocenters. The Hall–Kier alpha value is -1.55. The van der Waals surface area contributed by atoms with Gasteiger partial charge in [-0.3, -0.25) is 0 Å². The van der Waals surface area contributed by atoms with Gasteiger partial charge in [-0.25, -0.2) is 0 Å². The van der Waals surface area contributed by atoms with E-state index in [1.54, 1.807) is 0 Å². The van der Waals surface area contributed by atoms with Gasteiger partial charge in [-0.2, -0.15) is 0 Å². The van der Waals surface area contributed by atoms with Crippen LogP contribution in [0.4, 0.5) is 11.8 Å². The molecule has 18 heteroatoms. The molecule has 1 saturated heterocycles. The van der Waals surface area contributed by atoms with E-state index < -0.39 is 46.6 Å². The van der Waals surface area contributed by atoms with Crippen LogP contribution in [0.25, 0.3) is 11.2 Å². The first-order chi connectivity index (χ1) is 15.2. The Balaban J connectivity index is 1.60. The third-order valence-corrected chi connectivity index (χ3v) is 7.87. The predicted molar refractivity (Wildman–Crippen MR) is 114 cm³/mol. The second-order valence-electron chi connectivity index (χ2n) is 8.20. The van der Waals surface area contributed by atoms with Gasteiger partial charge in [0, 0.05) is 13.1 Å². The molecule has 0 spiro atoms. The Morgan fingerprint density at radius 1 is 1.39 bits per heavy atom. The fourth-order valence-corrected chi connectivity index (χ4v) is 5.48. The van der Waals surface area contributed by atoms with Gasteiger partial charge in [0.15, 0.2) is 0 Å². The van der Waals surface area contributed by atoms with Crippen LogP contribution >= 0.6 is 16.0 Å². The number of aliphatic hydroxyl groups excluding tert-OH is 1. The number of hydrogen-bond donors (Lipinski definition) is 7. The van der Waals surface area contributed by atoms with Crippen molar-refractivity contribution < 1.29 is 47.9 Å². The summed E-state index contributed by atoms with van der Waals surface area (Å²) in [7, 11) is -8.61. The maximum absolute atomic E-state index is 11.8. The van der Waals surface area contributed by atoms with Crippen molar-refractivity contribution in [1.82, 2.24) is 19.5 Å². The van der Waals surface area contributed by atoms with Crippen molar-refractivity contribution in [3.63, 3.8) is 0 Å². The van der Waals surface area contributed by atoms with Gasteiger partial charge in [0.25, 0.3) is 0 Å². The van der Waals surface area contributed by atoms with Crippen molar-refractivity contribution in [2.75, 3.05) is 24.3 Å². The zero-order valence-electron chi connectivity index (χ0n) is 17.6. The van der Waals surface area contributed by atoms with E-state index in [1.165, 1.54) is 17.8 Å². The number of phosphoric ester groups is 1. The van der Waals surface area contributed by atoms with E-state index in [1.807, 2.05) is 11.9 Å². The van der Waals surface area contributed by atoms with Crippen LogP contribution in [0.1, 0.15) is 26.0 Å². The minimum absolute atomic E-state index is 0.0344. The number of hydrogen-bond acceptors (Lipinski definition) is 14. The second kappa shape index (κ2) is 8.29. The smallest absolute Gasteiger partial charge is 0.0303 e. The number of phosphoric acid groups is 1. The van der Waals surface area contributed by atoms with E-state index in [0.29, 0.717) is 17.4 Å². The van der Waals surface area contributed by atoms with Crippen LogP contribution in [0.15, 0.2) is 6.33 Å². The zero-order valence-corrected chi connectivity index (χ0v) is 19.5. The zero-order chi connectivity index (χ0) is 24.3.